The summed E-state index contributed by atoms with van der Waals surface area (Å²) in [5.74, 6) is -0.590. The summed E-state index contributed by atoms with van der Waals surface area (Å²) in [6, 6.07) is 19.1. The Bertz CT molecular complexity index is 868. The first-order valence-corrected chi connectivity index (χ1v) is 7.96. The molecule has 0 spiro atoms. The summed E-state index contributed by atoms with van der Waals surface area (Å²) in [5.41, 5.74) is 2.59. The van der Waals surface area contributed by atoms with E-state index in [1.165, 1.54) is 12.1 Å². The van der Waals surface area contributed by atoms with Gasteiger partial charge in [-0.25, -0.2) is 4.39 Å². The number of pyridine rings is 1. The molecule has 0 bridgehead atoms. The van der Waals surface area contributed by atoms with Gasteiger partial charge < -0.3 is 10.6 Å². The highest BCUT2D eigenvalue weighted by molar-refractivity contribution is 5.93. The number of halogens is 1. The van der Waals surface area contributed by atoms with Gasteiger partial charge in [0.1, 0.15) is 11.5 Å². The largest absolute Gasteiger partial charge is 0.355 e. The topological polar surface area (TPSA) is 54.0 Å². The van der Waals surface area contributed by atoms with E-state index in [1.807, 2.05) is 37.3 Å². The van der Waals surface area contributed by atoms with Gasteiger partial charge in [0.15, 0.2) is 0 Å². The van der Waals surface area contributed by atoms with Gasteiger partial charge in [-0.2, -0.15) is 0 Å². The van der Waals surface area contributed by atoms with E-state index < -0.39 is 0 Å². The van der Waals surface area contributed by atoms with Crippen LogP contribution in [0.3, 0.4) is 0 Å². The normalized spacial score (nSPS) is 11.6. The van der Waals surface area contributed by atoms with Gasteiger partial charge in [0.2, 0.25) is 0 Å². The summed E-state index contributed by atoms with van der Waals surface area (Å²) < 4.78 is 13.3. The highest BCUT2D eigenvalue weighted by atomic mass is 19.1. The fourth-order valence-corrected chi connectivity index (χ4v) is 2.46. The molecule has 1 unspecified atom stereocenters. The van der Waals surface area contributed by atoms with E-state index in [0.717, 1.165) is 5.56 Å². The Morgan fingerprint density at radius 1 is 1.00 bits per heavy atom. The van der Waals surface area contributed by atoms with Gasteiger partial charge in [0, 0.05) is 17.6 Å². The summed E-state index contributed by atoms with van der Waals surface area (Å²) in [6.45, 7) is 1.92. The van der Waals surface area contributed by atoms with Crippen LogP contribution in [0.2, 0.25) is 0 Å². The molecule has 3 rings (SSSR count). The van der Waals surface area contributed by atoms with Gasteiger partial charge in [-0.15, -0.1) is 0 Å². The Morgan fingerprint density at radius 3 is 2.52 bits per heavy atom. The van der Waals surface area contributed by atoms with Crippen LogP contribution >= 0.6 is 0 Å². The van der Waals surface area contributed by atoms with E-state index >= 15 is 0 Å². The van der Waals surface area contributed by atoms with Crippen LogP contribution in [0.15, 0.2) is 72.9 Å². The number of nitrogens with zero attached hydrogens (tertiary/aromatic N) is 1. The number of hydrogen-bond acceptors (Lipinski definition) is 3. The van der Waals surface area contributed by atoms with E-state index in [0.29, 0.717) is 17.1 Å². The molecule has 0 aliphatic rings. The molecule has 0 saturated heterocycles. The lowest BCUT2D eigenvalue weighted by Crippen LogP contribution is -2.27. The zero-order valence-electron chi connectivity index (χ0n) is 13.7. The third-order valence-electron chi connectivity index (χ3n) is 3.75. The number of anilines is 2. The molecule has 1 heterocycles. The lowest BCUT2D eigenvalue weighted by molar-refractivity contribution is 0.0935. The first kappa shape index (κ1) is 16.6. The molecule has 2 aromatic carbocycles. The van der Waals surface area contributed by atoms with Gasteiger partial charge in [-0.05, 0) is 42.8 Å². The van der Waals surface area contributed by atoms with Crippen LogP contribution in [0, 0.1) is 5.82 Å². The number of hydrogen-bond donors (Lipinski definition) is 2. The van der Waals surface area contributed by atoms with Crippen LogP contribution < -0.4 is 10.6 Å². The van der Waals surface area contributed by atoms with Crippen LogP contribution in [0.5, 0.6) is 0 Å². The summed E-state index contributed by atoms with van der Waals surface area (Å²) in [4.78, 5) is 16.5. The number of rotatable bonds is 5. The average Bonchev–Trinajstić information content (AvgIpc) is 2.62. The molecule has 3 aromatic rings. The number of benzene rings is 2. The van der Waals surface area contributed by atoms with Gasteiger partial charge in [-0.3, -0.25) is 9.78 Å². The smallest absolute Gasteiger partial charge is 0.270 e. The van der Waals surface area contributed by atoms with Crippen LogP contribution in [-0.4, -0.2) is 10.9 Å². The maximum Gasteiger partial charge on any atom is 0.270 e. The lowest BCUT2D eigenvalue weighted by atomic mass is 10.1. The molecule has 0 fully saturated rings. The standard InChI is InChI=1S/C20H18FN3O/c1-14(15-6-3-2-4-7-15)23-20(25)19-13-18(10-11-22-19)24-17-9-5-8-16(21)12-17/h2-14H,1H3,(H,22,24)(H,23,25). The molecule has 1 aromatic heterocycles. The number of amides is 1. The molecule has 1 atom stereocenters. The van der Waals surface area contributed by atoms with Gasteiger partial charge >= 0.3 is 0 Å². The van der Waals surface area contributed by atoms with Crippen LogP contribution in [0.4, 0.5) is 15.8 Å². The molecule has 1 amide bonds. The second kappa shape index (κ2) is 7.57. The third kappa shape index (κ3) is 4.41. The summed E-state index contributed by atoms with van der Waals surface area (Å²) in [6.07, 6.45) is 1.55. The van der Waals surface area contributed by atoms with Crippen molar-refractivity contribution in [3.05, 3.63) is 90.0 Å². The van der Waals surface area contributed by atoms with Crippen LogP contribution in [-0.2, 0) is 0 Å². The summed E-state index contributed by atoms with van der Waals surface area (Å²) in [5, 5.41) is 5.99. The highest BCUT2D eigenvalue weighted by Gasteiger charge is 2.13. The predicted molar refractivity (Wildman–Crippen MR) is 96.2 cm³/mol. The van der Waals surface area contributed by atoms with Crippen molar-refractivity contribution >= 4 is 17.3 Å². The lowest BCUT2D eigenvalue weighted by Gasteiger charge is -2.14. The zero-order valence-corrected chi connectivity index (χ0v) is 13.7. The summed E-state index contributed by atoms with van der Waals surface area (Å²) >= 11 is 0. The van der Waals surface area contributed by atoms with Gasteiger partial charge in [0.25, 0.3) is 5.91 Å². The molecular formula is C20H18FN3O. The number of aromatic nitrogens is 1. The minimum Gasteiger partial charge on any atom is -0.355 e. The number of carbonyl (C=O) groups is 1. The molecular weight excluding hydrogens is 317 g/mol. The van der Waals surface area contributed by atoms with Gasteiger partial charge in [0.05, 0.1) is 6.04 Å². The molecule has 0 saturated carbocycles. The molecule has 0 aliphatic heterocycles. The van der Waals surface area contributed by atoms with Gasteiger partial charge in [-0.1, -0.05) is 36.4 Å². The van der Waals surface area contributed by atoms with Crippen molar-refractivity contribution in [2.75, 3.05) is 5.32 Å². The van der Waals surface area contributed by atoms with Crippen LogP contribution in [0.1, 0.15) is 29.0 Å². The Morgan fingerprint density at radius 2 is 1.76 bits per heavy atom. The van der Waals surface area contributed by atoms with E-state index in [9.17, 15) is 9.18 Å². The SMILES string of the molecule is CC(NC(=O)c1cc(Nc2cccc(F)c2)ccn1)c1ccccc1. The molecule has 0 aliphatic carbocycles. The van der Waals surface area contributed by atoms with Crippen LogP contribution in [0.25, 0.3) is 0 Å². The van der Waals surface area contributed by atoms with Crippen molar-refractivity contribution in [2.45, 2.75) is 13.0 Å². The molecule has 126 valence electrons. The number of carbonyl (C=O) groups excluding carboxylic acids is 1. The quantitative estimate of drug-likeness (QED) is 0.724. The minimum atomic E-state index is -0.325. The minimum absolute atomic E-state index is 0.129. The first-order valence-electron chi connectivity index (χ1n) is 7.96. The highest BCUT2D eigenvalue weighted by Crippen LogP contribution is 2.18. The van der Waals surface area contributed by atoms with E-state index in [-0.39, 0.29) is 17.8 Å². The number of nitrogens with one attached hydrogen (secondary N) is 2. The van der Waals surface area contributed by atoms with Crippen molar-refractivity contribution in [1.82, 2.24) is 10.3 Å². The van der Waals surface area contributed by atoms with Crippen molar-refractivity contribution in [3.63, 3.8) is 0 Å². The molecule has 2 N–H and O–H groups in total. The fourth-order valence-electron chi connectivity index (χ4n) is 2.46. The van der Waals surface area contributed by atoms with Crippen molar-refractivity contribution < 1.29 is 9.18 Å². The zero-order chi connectivity index (χ0) is 17.6. The molecule has 4 nitrogen and oxygen atoms in total. The predicted octanol–water partition coefficient (Wildman–Crippen LogP) is 4.46. The molecule has 0 radical (unpaired) electrons. The maximum atomic E-state index is 13.3. The van der Waals surface area contributed by atoms with E-state index in [2.05, 4.69) is 15.6 Å². The fraction of sp³-hybridized carbons (Fsp3) is 0.100. The maximum absolute atomic E-state index is 13.3. The average molecular weight is 335 g/mol. The van der Waals surface area contributed by atoms with E-state index in [4.69, 9.17) is 0 Å². The third-order valence-corrected chi connectivity index (χ3v) is 3.75. The monoisotopic (exact) mass is 335 g/mol. The van der Waals surface area contributed by atoms with E-state index in [1.54, 1.807) is 30.5 Å². The molecule has 5 heteroatoms. The first-order chi connectivity index (χ1) is 12.1. The molecule has 25 heavy (non-hydrogen) atoms. The Kier molecular flexibility index (Phi) is 5.04. The Labute approximate surface area is 145 Å². The summed E-state index contributed by atoms with van der Waals surface area (Å²) in [7, 11) is 0. The Hall–Kier alpha value is -3.21. The van der Waals surface area contributed by atoms with Crippen molar-refractivity contribution in [2.24, 2.45) is 0 Å². The second-order valence-electron chi connectivity index (χ2n) is 5.67. The van der Waals surface area contributed by atoms with Crippen molar-refractivity contribution in [3.8, 4) is 0 Å². The Balaban J connectivity index is 1.71. The second-order valence-corrected chi connectivity index (χ2v) is 5.67. The van der Waals surface area contributed by atoms with Crippen molar-refractivity contribution in [1.29, 1.82) is 0 Å².